The third-order valence-corrected chi connectivity index (χ3v) is 3.31. The molecule has 22 heavy (non-hydrogen) atoms. The first-order chi connectivity index (χ1) is 10.8. The first-order valence-electron chi connectivity index (χ1n) is 7.16. The lowest BCUT2D eigenvalue weighted by Gasteiger charge is -2.07. The second-order valence-electron chi connectivity index (χ2n) is 4.87. The Bertz CT molecular complexity index is 753. The number of carbonyl (C=O) groups is 1. The molecule has 0 aliphatic rings. The van der Waals surface area contributed by atoms with E-state index in [1.807, 2.05) is 54.6 Å². The molecule has 0 atom stereocenters. The second kappa shape index (κ2) is 6.87. The average Bonchev–Trinajstić information content (AvgIpc) is 2.99. The Kier molecular flexibility index (Phi) is 4.46. The summed E-state index contributed by atoms with van der Waals surface area (Å²) in [5.41, 5.74) is 2.72. The minimum Gasteiger partial charge on any atom is -0.375 e. The highest BCUT2D eigenvalue weighted by Gasteiger charge is 2.08. The highest BCUT2D eigenvalue weighted by molar-refractivity contribution is 5.88. The van der Waals surface area contributed by atoms with Crippen LogP contribution >= 0.6 is 0 Å². The van der Waals surface area contributed by atoms with Gasteiger partial charge in [-0.1, -0.05) is 42.5 Å². The van der Waals surface area contributed by atoms with Crippen LogP contribution in [0.1, 0.15) is 5.56 Å². The van der Waals surface area contributed by atoms with Gasteiger partial charge in [-0.15, -0.1) is 0 Å². The molecular weight excluding hydrogens is 278 g/mol. The van der Waals surface area contributed by atoms with Gasteiger partial charge in [0.05, 0.1) is 24.2 Å². The summed E-state index contributed by atoms with van der Waals surface area (Å²) in [5, 5.41) is 2.82. The highest BCUT2D eigenvalue weighted by atomic mass is 16.5. The SMILES string of the molecule is O=C(NCCOCc1ccccc1)n1cnc2ccccc21. The first kappa shape index (κ1) is 14.3. The number of hydrogen-bond acceptors (Lipinski definition) is 3. The largest absolute Gasteiger partial charge is 0.375 e. The van der Waals surface area contributed by atoms with Crippen molar-refractivity contribution >= 4 is 17.1 Å². The molecule has 0 saturated carbocycles. The third kappa shape index (κ3) is 3.32. The molecule has 0 saturated heterocycles. The monoisotopic (exact) mass is 295 g/mol. The number of hydrogen-bond donors (Lipinski definition) is 1. The number of nitrogens with one attached hydrogen (secondary N) is 1. The summed E-state index contributed by atoms with van der Waals surface area (Å²) in [6.07, 6.45) is 1.53. The van der Waals surface area contributed by atoms with E-state index >= 15 is 0 Å². The van der Waals surface area contributed by atoms with E-state index in [0.717, 1.165) is 16.6 Å². The maximum Gasteiger partial charge on any atom is 0.327 e. The highest BCUT2D eigenvalue weighted by Crippen LogP contribution is 2.10. The molecule has 0 radical (unpaired) electrons. The number of rotatable bonds is 5. The van der Waals surface area contributed by atoms with Crippen molar-refractivity contribution in [1.29, 1.82) is 0 Å². The predicted octanol–water partition coefficient (Wildman–Crippen LogP) is 2.81. The number of fused-ring (bicyclic) bond motifs is 1. The van der Waals surface area contributed by atoms with E-state index in [1.165, 1.54) is 10.9 Å². The Balaban J connectivity index is 1.47. The van der Waals surface area contributed by atoms with Gasteiger partial charge in [0.2, 0.25) is 0 Å². The fourth-order valence-corrected chi connectivity index (χ4v) is 2.20. The number of nitrogens with zero attached hydrogens (tertiary/aromatic N) is 2. The number of ether oxygens (including phenoxy) is 1. The fraction of sp³-hybridized carbons (Fsp3) is 0.176. The lowest BCUT2D eigenvalue weighted by molar-refractivity contribution is 0.123. The number of benzene rings is 2. The van der Waals surface area contributed by atoms with Crippen molar-refractivity contribution < 1.29 is 9.53 Å². The van der Waals surface area contributed by atoms with Crippen LogP contribution in [0.25, 0.3) is 11.0 Å². The van der Waals surface area contributed by atoms with Gasteiger partial charge in [0.15, 0.2) is 0 Å². The Hall–Kier alpha value is -2.66. The molecule has 5 heteroatoms. The molecule has 0 aliphatic heterocycles. The molecule has 1 N–H and O–H groups in total. The number of carbonyl (C=O) groups excluding carboxylic acids is 1. The molecule has 3 aromatic rings. The van der Waals surface area contributed by atoms with Crippen LogP contribution < -0.4 is 5.32 Å². The molecule has 0 unspecified atom stereocenters. The molecule has 112 valence electrons. The van der Waals surface area contributed by atoms with Crippen LogP contribution in [0.2, 0.25) is 0 Å². The first-order valence-corrected chi connectivity index (χ1v) is 7.16. The van der Waals surface area contributed by atoms with Crippen LogP contribution in [0.5, 0.6) is 0 Å². The molecule has 1 amide bonds. The minimum atomic E-state index is -0.197. The molecule has 0 bridgehead atoms. The normalized spacial score (nSPS) is 10.7. The summed E-state index contributed by atoms with van der Waals surface area (Å²) in [6.45, 7) is 1.47. The molecular formula is C17H17N3O2. The molecule has 2 aromatic carbocycles. The Morgan fingerprint density at radius 1 is 1.09 bits per heavy atom. The van der Waals surface area contributed by atoms with Gasteiger partial charge in [0.1, 0.15) is 6.33 Å². The van der Waals surface area contributed by atoms with E-state index in [-0.39, 0.29) is 6.03 Å². The van der Waals surface area contributed by atoms with Crippen LogP contribution in [0.15, 0.2) is 60.9 Å². The maximum atomic E-state index is 12.1. The number of imidazole rings is 1. The van der Waals surface area contributed by atoms with Gasteiger partial charge in [-0.3, -0.25) is 4.57 Å². The Morgan fingerprint density at radius 2 is 1.86 bits per heavy atom. The molecule has 0 fully saturated rings. The maximum absolute atomic E-state index is 12.1. The van der Waals surface area contributed by atoms with E-state index in [1.54, 1.807) is 0 Å². The van der Waals surface area contributed by atoms with Gasteiger partial charge >= 0.3 is 6.03 Å². The van der Waals surface area contributed by atoms with Crippen molar-refractivity contribution in [1.82, 2.24) is 14.9 Å². The fourth-order valence-electron chi connectivity index (χ4n) is 2.20. The van der Waals surface area contributed by atoms with E-state index in [2.05, 4.69) is 10.3 Å². The van der Waals surface area contributed by atoms with Crippen molar-refractivity contribution in [3.05, 3.63) is 66.5 Å². The van der Waals surface area contributed by atoms with Crippen molar-refractivity contribution in [3.8, 4) is 0 Å². The molecule has 5 nitrogen and oxygen atoms in total. The standard InChI is InChI=1S/C17H17N3O2/c21-17(20-13-19-15-8-4-5-9-16(15)20)18-10-11-22-12-14-6-2-1-3-7-14/h1-9,13H,10-12H2,(H,18,21). The summed E-state index contributed by atoms with van der Waals surface area (Å²) in [6, 6.07) is 17.3. The quantitative estimate of drug-likeness (QED) is 0.736. The van der Waals surface area contributed by atoms with E-state index in [0.29, 0.717) is 19.8 Å². The topological polar surface area (TPSA) is 56.1 Å². The summed E-state index contributed by atoms with van der Waals surface area (Å²) in [7, 11) is 0. The zero-order valence-corrected chi connectivity index (χ0v) is 12.1. The van der Waals surface area contributed by atoms with Gasteiger partial charge < -0.3 is 10.1 Å². The van der Waals surface area contributed by atoms with Gasteiger partial charge in [0.25, 0.3) is 0 Å². The predicted molar refractivity (Wildman–Crippen MR) is 84.6 cm³/mol. The van der Waals surface area contributed by atoms with Crippen LogP contribution in [0.3, 0.4) is 0 Å². The molecule has 1 heterocycles. The van der Waals surface area contributed by atoms with E-state index in [4.69, 9.17) is 4.74 Å². The molecule has 3 rings (SSSR count). The summed E-state index contributed by atoms with van der Waals surface area (Å²) < 4.78 is 7.04. The van der Waals surface area contributed by atoms with Crippen molar-refractivity contribution in [3.63, 3.8) is 0 Å². The van der Waals surface area contributed by atoms with Gasteiger partial charge in [0, 0.05) is 6.54 Å². The van der Waals surface area contributed by atoms with Crippen LogP contribution in [0, 0.1) is 0 Å². The van der Waals surface area contributed by atoms with Crippen LogP contribution in [0.4, 0.5) is 4.79 Å². The Morgan fingerprint density at radius 3 is 2.73 bits per heavy atom. The number of aromatic nitrogens is 2. The second-order valence-corrected chi connectivity index (χ2v) is 4.87. The lowest BCUT2D eigenvalue weighted by Crippen LogP contribution is -2.30. The van der Waals surface area contributed by atoms with Crippen molar-refractivity contribution in [2.45, 2.75) is 6.61 Å². The minimum absolute atomic E-state index is 0.197. The van der Waals surface area contributed by atoms with Gasteiger partial charge in [-0.05, 0) is 17.7 Å². The smallest absolute Gasteiger partial charge is 0.327 e. The number of amides is 1. The Labute approximate surface area is 128 Å². The lowest BCUT2D eigenvalue weighted by atomic mass is 10.2. The zero-order valence-electron chi connectivity index (χ0n) is 12.1. The molecule has 0 aliphatic carbocycles. The third-order valence-electron chi connectivity index (χ3n) is 3.31. The van der Waals surface area contributed by atoms with Crippen LogP contribution in [-0.4, -0.2) is 28.7 Å². The number of para-hydroxylation sites is 2. The van der Waals surface area contributed by atoms with E-state index in [9.17, 15) is 4.79 Å². The zero-order chi connectivity index (χ0) is 15.2. The molecule has 1 aromatic heterocycles. The van der Waals surface area contributed by atoms with Gasteiger partial charge in [-0.2, -0.15) is 0 Å². The van der Waals surface area contributed by atoms with Crippen molar-refractivity contribution in [2.24, 2.45) is 0 Å². The summed E-state index contributed by atoms with van der Waals surface area (Å²) in [5.74, 6) is 0. The van der Waals surface area contributed by atoms with E-state index < -0.39 is 0 Å². The van der Waals surface area contributed by atoms with Gasteiger partial charge in [-0.25, -0.2) is 9.78 Å². The summed E-state index contributed by atoms with van der Waals surface area (Å²) in [4.78, 5) is 16.3. The van der Waals surface area contributed by atoms with Crippen molar-refractivity contribution in [2.75, 3.05) is 13.2 Å². The van der Waals surface area contributed by atoms with Crippen LogP contribution in [-0.2, 0) is 11.3 Å². The summed E-state index contributed by atoms with van der Waals surface area (Å²) >= 11 is 0. The molecule has 0 spiro atoms. The average molecular weight is 295 g/mol.